The van der Waals surface area contributed by atoms with Crippen LogP contribution < -0.4 is 0 Å². The van der Waals surface area contributed by atoms with Gasteiger partial charge in [0.05, 0.1) is 0 Å². The predicted octanol–water partition coefficient (Wildman–Crippen LogP) is 3.03. The lowest BCUT2D eigenvalue weighted by molar-refractivity contribution is 0.0984. The third kappa shape index (κ3) is 3.71. The summed E-state index contributed by atoms with van der Waals surface area (Å²) in [6.07, 6.45) is 0.154. The van der Waals surface area contributed by atoms with E-state index < -0.39 is 8.32 Å². The minimum atomic E-state index is -1.66. The van der Waals surface area contributed by atoms with E-state index in [4.69, 9.17) is 9.53 Å². The number of aliphatic hydroxyl groups excluding tert-OH is 1. The molecule has 0 heterocycles. The van der Waals surface area contributed by atoms with Crippen LogP contribution in [0.4, 0.5) is 0 Å². The Balaban J connectivity index is 4.36. The minimum absolute atomic E-state index is 0.154. The molecule has 0 aliphatic carbocycles. The maximum atomic E-state index is 9.04. The summed E-state index contributed by atoms with van der Waals surface area (Å²) < 4.78 is 6.13. The summed E-state index contributed by atoms with van der Waals surface area (Å²) in [5.41, 5.74) is 0. The first-order chi connectivity index (χ1) is 6.12. The molecule has 0 aliphatic rings. The highest BCUT2D eigenvalue weighted by Gasteiger charge is 2.38. The smallest absolute Gasteiger partial charge is 0.192 e. The fourth-order valence-corrected chi connectivity index (χ4v) is 2.42. The van der Waals surface area contributed by atoms with E-state index in [9.17, 15) is 0 Å². The van der Waals surface area contributed by atoms with Crippen molar-refractivity contribution in [3.8, 4) is 0 Å². The summed E-state index contributed by atoms with van der Waals surface area (Å²) in [5, 5.41) is 9.29. The second-order valence-electron chi connectivity index (χ2n) is 5.74. The zero-order chi connectivity index (χ0) is 11.6. The van der Waals surface area contributed by atoms with Gasteiger partial charge in [0.15, 0.2) is 8.32 Å². The van der Waals surface area contributed by atoms with E-state index in [1.165, 1.54) is 0 Å². The van der Waals surface area contributed by atoms with Gasteiger partial charge >= 0.3 is 0 Å². The van der Waals surface area contributed by atoms with Crippen LogP contribution in [0.3, 0.4) is 0 Å². The Morgan fingerprint density at radius 3 is 1.93 bits per heavy atom. The van der Waals surface area contributed by atoms with Crippen molar-refractivity contribution in [2.45, 2.75) is 58.9 Å². The molecule has 3 heteroatoms. The van der Waals surface area contributed by atoms with E-state index in [-0.39, 0.29) is 23.7 Å². The number of hydrogen-bond acceptors (Lipinski definition) is 2. The van der Waals surface area contributed by atoms with Gasteiger partial charge in [-0.1, -0.05) is 27.7 Å². The third-order valence-corrected chi connectivity index (χ3v) is 7.95. The molecule has 1 N–H and O–H groups in total. The van der Waals surface area contributed by atoms with Gasteiger partial charge in [0, 0.05) is 18.6 Å². The van der Waals surface area contributed by atoms with Gasteiger partial charge in [-0.25, -0.2) is 0 Å². The van der Waals surface area contributed by atoms with Gasteiger partial charge in [-0.3, -0.25) is 0 Å². The Kier molecular flexibility index (Phi) is 4.82. The summed E-state index contributed by atoms with van der Waals surface area (Å²) in [6, 6.07) is 0. The topological polar surface area (TPSA) is 29.5 Å². The van der Waals surface area contributed by atoms with E-state index in [0.717, 1.165) is 0 Å². The third-order valence-electron chi connectivity index (χ3n) is 3.38. The molecule has 0 fully saturated rings. The maximum Gasteiger partial charge on any atom is 0.192 e. The highest BCUT2D eigenvalue weighted by molar-refractivity contribution is 6.74. The molecular formula is C11H26O2Si. The molecule has 0 amide bonds. The first-order valence-corrected chi connectivity index (χ1v) is 8.31. The number of rotatable bonds is 4. The van der Waals surface area contributed by atoms with Crippen molar-refractivity contribution in [1.82, 2.24) is 0 Å². The molecule has 0 aliphatic heterocycles. The highest BCUT2D eigenvalue weighted by atomic mass is 28.4. The molecule has 2 nitrogen and oxygen atoms in total. The van der Waals surface area contributed by atoms with Crippen molar-refractivity contribution in [3.05, 3.63) is 0 Å². The van der Waals surface area contributed by atoms with Gasteiger partial charge in [0.2, 0.25) is 0 Å². The predicted molar refractivity (Wildman–Crippen MR) is 64.0 cm³/mol. The van der Waals surface area contributed by atoms with E-state index in [2.05, 4.69) is 40.8 Å². The summed E-state index contributed by atoms with van der Waals surface area (Å²) >= 11 is 0. The average molecular weight is 218 g/mol. The van der Waals surface area contributed by atoms with Gasteiger partial charge < -0.3 is 9.53 Å². The Hall–Kier alpha value is 0.137. The van der Waals surface area contributed by atoms with Crippen LogP contribution >= 0.6 is 0 Å². The lowest BCUT2D eigenvalue weighted by atomic mass is 10.1. The van der Waals surface area contributed by atoms with Crippen LogP contribution in [0.5, 0.6) is 0 Å². The molecule has 14 heavy (non-hydrogen) atoms. The van der Waals surface area contributed by atoms with E-state index in [0.29, 0.717) is 0 Å². The van der Waals surface area contributed by atoms with Crippen molar-refractivity contribution >= 4 is 8.32 Å². The molecule has 0 saturated carbocycles. The fraction of sp³-hybridized carbons (Fsp3) is 1.00. The normalized spacial score (nSPS) is 18.0. The lowest BCUT2D eigenvalue weighted by Gasteiger charge is -2.39. The van der Waals surface area contributed by atoms with Crippen LogP contribution in [0.2, 0.25) is 18.1 Å². The molecule has 0 aromatic heterocycles. The molecule has 0 aromatic rings. The molecule has 86 valence electrons. The van der Waals surface area contributed by atoms with Gasteiger partial charge in [-0.15, -0.1) is 0 Å². The molecule has 0 unspecified atom stereocenters. The summed E-state index contributed by atoms with van der Waals surface area (Å²) in [5.74, 6) is 0.226. The molecule has 0 aromatic carbocycles. The van der Waals surface area contributed by atoms with Gasteiger partial charge in [-0.05, 0) is 25.1 Å². The molecule has 0 rings (SSSR count). The Morgan fingerprint density at radius 2 is 1.64 bits per heavy atom. The minimum Gasteiger partial charge on any atom is -0.414 e. The van der Waals surface area contributed by atoms with Crippen molar-refractivity contribution in [3.63, 3.8) is 0 Å². The van der Waals surface area contributed by atoms with Crippen molar-refractivity contribution < 1.29 is 9.53 Å². The number of aliphatic hydroxyl groups is 1. The second kappa shape index (κ2) is 4.77. The lowest BCUT2D eigenvalue weighted by Crippen LogP contribution is -2.45. The van der Waals surface area contributed by atoms with Crippen LogP contribution in [0, 0.1) is 5.92 Å². The fourth-order valence-electron chi connectivity index (χ4n) is 0.906. The Bertz CT molecular complexity index is 173. The van der Waals surface area contributed by atoms with Crippen LogP contribution in [0.15, 0.2) is 0 Å². The summed E-state index contributed by atoms with van der Waals surface area (Å²) in [7, 11) is -1.66. The van der Waals surface area contributed by atoms with Gasteiger partial charge in [0.1, 0.15) is 0 Å². The van der Waals surface area contributed by atoms with E-state index in [1.54, 1.807) is 0 Å². The standard InChI is InChI=1S/C11H26O2Si/c1-9(8-12)10(2)13-14(6,7)11(3,4)5/h9-10,12H,8H2,1-7H3/t9-,10-/m0/s1. The van der Waals surface area contributed by atoms with Gasteiger partial charge in [0.25, 0.3) is 0 Å². The van der Waals surface area contributed by atoms with E-state index in [1.807, 2.05) is 6.92 Å². The molecule has 2 atom stereocenters. The van der Waals surface area contributed by atoms with Crippen LogP contribution in [-0.4, -0.2) is 26.1 Å². The first kappa shape index (κ1) is 14.1. The quantitative estimate of drug-likeness (QED) is 0.735. The number of hydrogen-bond donors (Lipinski definition) is 1. The van der Waals surface area contributed by atoms with E-state index >= 15 is 0 Å². The highest BCUT2D eigenvalue weighted by Crippen LogP contribution is 2.37. The summed E-state index contributed by atoms with van der Waals surface area (Å²) in [6.45, 7) is 15.5. The summed E-state index contributed by atoms with van der Waals surface area (Å²) in [4.78, 5) is 0. The average Bonchev–Trinajstić information content (AvgIpc) is 2.00. The van der Waals surface area contributed by atoms with Crippen LogP contribution in [0.1, 0.15) is 34.6 Å². The van der Waals surface area contributed by atoms with Crippen molar-refractivity contribution in [1.29, 1.82) is 0 Å². The SMILES string of the molecule is C[C@H](O[Si](C)(C)C(C)(C)C)[C@@H](C)CO. The second-order valence-corrected chi connectivity index (χ2v) is 10.5. The first-order valence-electron chi connectivity index (χ1n) is 5.40. The monoisotopic (exact) mass is 218 g/mol. The molecule has 0 saturated heterocycles. The largest absolute Gasteiger partial charge is 0.414 e. The molecule has 0 bridgehead atoms. The zero-order valence-corrected chi connectivity index (χ0v) is 11.7. The van der Waals surface area contributed by atoms with Crippen molar-refractivity contribution in [2.24, 2.45) is 5.92 Å². The van der Waals surface area contributed by atoms with Gasteiger partial charge in [-0.2, -0.15) is 0 Å². The zero-order valence-electron chi connectivity index (χ0n) is 10.7. The van der Waals surface area contributed by atoms with Crippen LogP contribution in [0.25, 0.3) is 0 Å². The molecule has 0 spiro atoms. The molecular weight excluding hydrogens is 192 g/mol. The Labute approximate surface area is 89.8 Å². The molecule has 0 radical (unpaired) electrons. The van der Waals surface area contributed by atoms with Crippen LogP contribution in [-0.2, 0) is 4.43 Å². The van der Waals surface area contributed by atoms with Crippen molar-refractivity contribution in [2.75, 3.05) is 6.61 Å². The maximum absolute atomic E-state index is 9.04. The Morgan fingerprint density at radius 1 is 1.21 bits per heavy atom.